The topological polar surface area (TPSA) is 49.9 Å². The van der Waals surface area contributed by atoms with Gasteiger partial charge in [-0.3, -0.25) is 9.59 Å². The normalized spacial score (nSPS) is 17.4. The number of piperazine rings is 1. The Hall–Kier alpha value is -2.89. The molecule has 3 rings (SSSR count). The first-order chi connectivity index (χ1) is 12.4. The third-order valence-corrected chi connectivity index (χ3v) is 4.72. The lowest BCUT2D eigenvalue weighted by Gasteiger charge is -2.39. The van der Waals surface area contributed by atoms with Crippen molar-refractivity contribution in [3.63, 3.8) is 0 Å². The number of rotatable bonds is 3. The zero-order valence-corrected chi connectivity index (χ0v) is 15.0. The molecular formula is C20H21FN2O3. The van der Waals surface area contributed by atoms with Gasteiger partial charge < -0.3 is 14.5 Å². The third-order valence-electron chi connectivity index (χ3n) is 4.72. The van der Waals surface area contributed by atoms with Crippen LogP contribution < -0.4 is 9.64 Å². The van der Waals surface area contributed by atoms with Crippen LogP contribution in [0.2, 0.25) is 0 Å². The maximum atomic E-state index is 13.8. The van der Waals surface area contributed by atoms with Crippen molar-refractivity contribution in [3.05, 3.63) is 59.4 Å². The molecule has 2 aromatic rings. The van der Waals surface area contributed by atoms with Gasteiger partial charge in [-0.15, -0.1) is 0 Å². The summed E-state index contributed by atoms with van der Waals surface area (Å²) in [4.78, 5) is 28.6. The number of carbonyl (C=O) groups excluding carboxylic acids is 2. The first-order valence-corrected chi connectivity index (χ1v) is 8.45. The molecule has 0 bridgehead atoms. The largest absolute Gasteiger partial charge is 0.497 e. The smallest absolute Gasteiger partial charge is 0.254 e. The molecule has 1 aliphatic rings. The molecule has 26 heavy (non-hydrogen) atoms. The summed E-state index contributed by atoms with van der Waals surface area (Å²) in [5, 5.41) is 0. The van der Waals surface area contributed by atoms with Crippen molar-refractivity contribution < 1.29 is 18.7 Å². The van der Waals surface area contributed by atoms with Gasteiger partial charge in [0.1, 0.15) is 17.6 Å². The lowest BCUT2D eigenvalue weighted by atomic mass is 10.1. The number of ether oxygens (including phenoxy) is 1. The molecule has 5 nitrogen and oxygen atoms in total. The molecule has 1 saturated heterocycles. The number of hydrogen-bond acceptors (Lipinski definition) is 3. The number of hydrogen-bond donors (Lipinski definition) is 0. The predicted octanol–water partition coefficient (Wildman–Crippen LogP) is 3.02. The van der Waals surface area contributed by atoms with Gasteiger partial charge >= 0.3 is 0 Å². The molecule has 1 aliphatic heterocycles. The highest BCUT2D eigenvalue weighted by Crippen LogP contribution is 2.24. The molecule has 1 heterocycles. The van der Waals surface area contributed by atoms with Crippen LogP contribution in [-0.2, 0) is 4.79 Å². The van der Waals surface area contributed by atoms with E-state index in [9.17, 15) is 14.0 Å². The van der Waals surface area contributed by atoms with E-state index in [2.05, 4.69) is 0 Å². The van der Waals surface area contributed by atoms with Crippen LogP contribution in [0.15, 0.2) is 42.5 Å². The molecule has 2 aromatic carbocycles. The Kier molecular flexibility index (Phi) is 4.93. The van der Waals surface area contributed by atoms with Gasteiger partial charge in [0.15, 0.2) is 0 Å². The van der Waals surface area contributed by atoms with Crippen molar-refractivity contribution in [3.8, 4) is 5.75 Å². The summed E-state index contributed by atoms with van der Waals surface area (Å²) in [5.41, 5.74) is 1.55. The molecule has 6 heteroatoms. The van der Waals surface area contributed by atoms with Crippen LogP contribution in [0.1, 0.15) is 22.8 Å². The lowest BCUT2D eigenvalue weighted by molar-refractivity contribution is -0.124. The summed E-state index contributed by atoms with van der Waals surface area (Å²) in [6, 6.07) is 10.9. The second-order valence-corrected chi connectivity index (χ2v) is 6.33. The van der Waals surface area contributed by atoms with E-state index in [1.807, 2.05) is 0 Å². The number of nitrogens with zero attached hydrogens (tertiary/aromatic N) is 2. The molecule has 1 fully saturated rings. The van der Waals surface area contributed by atoms with Crippen molar-refractivity contribution in [2.24, 2.45) is 0 Å². The number of halogens is 1. The molecule has 0 aliphatic carbocycles. The van der Waals surface area contributed by atoms with Crippen molar-refractivity contribution in [1.29, 1.82) is 0 Å². The van der Waals surface area contributed by atoms with E-state index in [1.54, 1.807) is 62.3 Å². The average molecular weight is 356 g/mol. The summed E-state index contributed by atoms with van der Waals surface area (Å²) >= 11 is 0. The van der Waals surface area contributed by atoms with Gasteiger partial charge in [0, 0.05) is 24.3 Å². The minimum Gasteiger partial charge on any atom is -0.497 e. The van der Waals surface area contributed by atoms with Gasteiger partial charge in [0.05, 0.1) is 7.11 Å². The van der Waals surface area contributed by atoms with E-state index in [-0.39, 0.29) is 17.6 Å². The Morgan fingerprint density at radius 1 is 1.15 bits per heavy atom. The molecule has 0 saturated carbocycles. The summed E-state index contributed by atoms with van der Waals surface area (Å²) < 4.78 is 18.9. The molecule has 136 valence electrons. The zero-order valence-electron chi connectivity index (χ0n) is 15.0. The van der Waals surface area contributed by atoms with Gasteiger partial charge in [0.25, 0.3) is 5.91 Å². The second kappa shape index (κ2) is 7.15. The first kappa shape index (κ1) is 17.9. The monoisotopic (exact) mass is 356 g/mol. The van der Waals surface area contributed by atoms with Gasteiger partial charge in [-0.25, -0.2) is 4.39 Å². The van der Waals surface area contributed by atoms with Crippen LogP contribution in [-0.4, -0.2) is 43.0 Å². The number of methoxy groups -OCH3 is 1. The van der Waals surface area contributed by atoms with Crippen LogP contribution in [0.4, 0.5) is 10.1 Å². The van der Waals surface area contributed by atoms with E-state index >= 15 is 0 Å². The Labute approximate surface area is 152 Å². The second-order valence-electron chi connectivity index (χ2n) is 6.33. The van der Waals surface area contributed by atoms with Crippen LogP contribution in [0.5, 0.6) is 5.75 Å². The van der Waals surface area contributed by atoms with E-state index in [0.29, 0.717) is 35.7 Å². The van der Waals surface area contributed by atoms with Crippen LogP contribution in [0.25, 0.3) is 0 Å². The van der Waals surface area contributed by atoms with Gasteiger partial charge in [-0.05, 0) is 55.8 Å². The maximum absolute atomic E-state index is 13.8. The van der Waals surface area contributed by atoms with Crippen molar-refractivity contribution in [2.45, 2.75) is 19.9 Å². The highest BCUT2D eigenvalue weighted by molar-refractivity contribution is 6.03. The van der Waals surface area contributed by atoms with Gasteiger partial charge in [-0.1, -0.05) is 6.07 Å². The highest BCUT2D eigenvalue weighted by atomic mass is 19.1. The van der Waals surface area contributed by atoms with Crippen molar-refractivity contribution >= 4 is 17.5 Å². The summed E-state index contributed by atoms with van der Waals surface area (Å²) in [6.45, 7) is 4.08. The SMILES string of the molecule is COc1ccc(C(=O)N2CCN(c3ccc(C)c(F)c3)C(=O)[C@H]2C)cc1. The van der Waals surface area contributed by atoms with Crippen LogP contribution in [0, 0.1) is 12.7 Å². The van der Waals surface area contributed by atoms with Gasteiger partial charge in [0.2, 0.25) is 5.91 Å². The minimum absolute atomic E-state index is 0.205. The Bertz CT molecular complexity index is 835. The van der Waals surface area contributed by atoms with E-state index in [4.69, 9.17) is 4.74 Å². The fourth-order valence-electron chi connectivity index (χ4n) is 3.05. The highest BCUT2D eigenvalue weighted by Gasteiger charge is 2.35. The van der Waals surface area contributed by atoms with Gasteiger partial charge in [-0.2, -0.15) is 0 Å². The molecule has 0 aromatic heterocycles. The molecule has 2 amide bonds. The summed E-state index contributed by atoms with van der Waals surface area (Å²) in [5.74, 6) is -0.110. The average Bonchev–Trinajstić information content (AvgIpc) is 2.66. The van der Waals surface area contributed by atoms with Crippen molar-refractivity contribution in [1.82, 2.24) is 4.90 Å². The quantitative estimate of drug-likeness (QED) is 0.849. The lowest BCUT2D eigenvalue weighted by Crippen LogP contribution is -2.57. The minimum atomic E-state index is -0.622. The Morgan fingerprint density at radius 3 is 2.46 bits per heavy atom. The number of amides is 2. The molecule has 0 radical (unpaired) electrons. The number of aryl methyl sites for hydroxylation is 1. The zero-order chi connectivity index (χ0) is 18.8. The molecule has 0 N–H and O–H groups in total. The maximum Gasteiger partial charge on any atom is 0.254 e. The first-order valence-electron chi connectivity index (χ1n) is 8.45. The summed E-state index contributed by atoms with van der Waals surface area (Å²) in [7, 11) is 1.56. The summed E-state index contributed by atoms with van der Waals surface area (Å²) in [6.07, 6.45) is 0. The standard InChI is InChI=1S/C20H21FN2O3/c1-13-4-7-16(12-18(13)21)23-11-10-22(14(2)19(23)24)20(25)15-5-8-17(26-3)9-6-15/h4-9,12,14H,10-11H2,1-3H3/t14-/m1/s1. The van der Waals surface area contributed by atoms with E-state index in [1.165, 1.54) is 11.0 Å². The van der Waals surface area contributed by atoms with Crippen LogP contribution >= 0.6 is 0 Å². The molecular weight excluding hydrogens is 335 g/mol. The Morgan fingerprint density at radius 2 is 1.85 bits per heavy atom. The third kappa shape index (κ3) is 3.27. The number of anilines is 1. The number of carbonyl (C=O) groups is 2. The molecule has 0 spiro atoms. The van der Waals surface area contributed by atoms with Crippen LogP contribution in [0.3, 0.4) is 0 Å². The molecule has 1 atom stereocenters. The van der Waals surface area contributed by atoms with Crippen molar-refractivity contribution in [2.75, 3.05) is 25.1 Å². The fraction of sp³-hybridized carbons (Fsp3) is 0.300. The molecule has 0 unspecified atom stereocenters. The Balaban J connectivity index is 1.78. The number of benzene rings is 2. The van der Waals surface area contributed by atoms with E-state index < -0.39 is 6.04 Å². The van der Waals surface area contributed by atoms with E-state index in [0.717, 1.165) is 0 Å². The fourth-order valence-corrected chi connectivity index (χ4v) is 3.05. The predicted molar refractivity (Wildman–Crippen MR) is 97.0 cm³/mol.